The summed E-state index contributed by atoms with van der Waals surface area (Å²) in [6, 6.07) is 0. The fourth-order valence-corrected chi connectivity index (χ4v) is 5.20. The van der Waals surface area contributed by atoms with Gasteiger partial charge in [0.25, 0.3) is 0 Å². The molecule has 0 spiro atoms. The van der Waals surface area contributed by atoms with Crippen molar-refractivity contribution in [3.63, 3.8) is 0 Å². The average molecular weight is 589 g/mol. The van der Waals surface area contributed by atoms with Gasteiger partial charge in [-0.05, 0) is 80.7 Å². The maximum absolute atomic E-state index is 16.7. The highest BCUT2D eigenvalue weighted by Crippen LogP contribution is 2.40. The van der Waals surface area contributed by atoms with Gasteiger partial charge >= 0.3 is 19.3 Å². The zero-order valence-corrected chi connectivity index (χ0v) is 27.2. The molecule has 2 aliphatic heterocycles. The van der Waals surface area contributed by atoms with Crippen LogP contribution in [-0.2, 0) is 18.8 Å². The van der Waals surface area contributed by atoms with Crippen LogP contribution >= 0.6 is 0 Å². The van der Waals surface area contributed by atoms with E-state index in [0.717, 1.165) is 0 Å². The Kier molecular flexibility index (Phi) is 8.17. The Morgan fingerprint density at radius 2 is 1.43 bits per heavy atom. The van der Waals surface area contributed by atoms with Crippen LogP contribution in [0.3, 0.4) is 0 Å². The smallest absolute Gasteiger partial charge is 0.444 e. The van der Waals surface area contributed by atoms with Crippen LogP contribution in [0.1, 0.15) is 94.6 Å². The summed E-state index contributed by atoms with van der Waals surface area (Å²) in [7, 11) is -0.937. The molecule has 0 aromatic carbocycles. The van der Waals surface area contributed by atoms with Crippen LogP contribution in [0.25, 0.3) is 10.9 Å². The summed E-state index contributed by atoms with van der Waals surface area (Å²) in [6.45, 7) is 23.9. The molecule has 4 heterocycles. The van der Waals surface area contributed by atoms with E-state index in [-0.39, 0.29) is 22.6 Å². The summed E-state index contributed by atoms with van der Waals surface area (Å²) in [6.07, 6.45) is 0.456. The van der Waals surface area contributed by atoms with Gasteiger partial charge < -0.3 is 28.6 Å². The van der Waals surface area contributed by atoms with Crippen LogP contribution in [0.15, 0.2) is 6.20 Å². The van der Waals surface area contributed by atoms with Gasteiger partial charge in [-0.1, -0.05) is 13.8 Å². The second kappa shape index (κ2) is 10.7. The van der Waals surface area contributed by atoms with Crippen LogP contribution in [-0.4, -0.2) is 82.3 Å². The number of amides is 1. The molecule has 0 N–H and O–H groups in total. The number of hydrogen-bond acceptors (Lipinski definition) is 8. The average Bonchev–Trinajstić information content (AvgIpc) is 3.28. The highest BCUT2D eigenvalue weighted by molar-refractivity contribution is 6.63. The van der Waals surface area contributed by atoms with Gasteiger partial charge in [-0.2, -0.15) is 0 Å². The summed E-state index contributed by atoms with van der Waals surface area (Å²) < 4.78 is 42.1. The van der Waals surface area contributed by atoms with Gasteiger partial charge in [0.05, 0.1) is 28.5 Å². The molecule has 4 rings (SSSR count). The minimum absolute atomic E-state index is 0.162. The molecular weight excluding hydrogens is 542 g/mol. The summed E-state index contributed by atoms with van der Waals surface area (Å²) in [5, 5.41) is 0.278. The fraction of sp³-hybridized carbons (Fsp3) is 0.700. The Balaban J connectivity index is 1.81. The lowest BCUT2D eigenvalue weighted by Crippen LogP contribution is -2.50. The Bertz CT molecular complexity index is 1350. The maximum Gasteiger partial charge on any atom is 0.513 e. The molecule has 232 valence electrons. The fourth-order valence-electron chi connectivity index (χ4n) is 5.20. The van der Waals surface area contributed by atoms with Gasteiger partial charge in [-0.25, -0.2) is 19.0 Å². The molecule has 2 fully saturated rings. The van der Waals surface area contributed by atoms with E-state index in [9.17, 15) is 9.59 Å². The van der Waals surface area contributed by atoms with Crippen LogP contribution in [0.5, 0.6) is 0 Å². The number of fused-ring (bicyclic) bond motifs is 1. The van der Waals surface area contributed by atoms with Crippen molar-refractivity contribution >= 4 is 41.6 Å². The number of aromatic nitrogens is 2. The van der Waals surface area contributed by atoms with Crippen molar-refractivity contribution in [1.82, 2.24) is 14.5 Å². The van der Waals surface area contributed by atoms with E-state index in [1.807, 2.05) is 67.2 Å². The lowest BCUT2D eigenvalue weighted by atomic mass is 9.78. The normalized spacial score (nSPS) is 19.1. The van der Waals surface area contributed by atoms with Gasteiger partial charge in [0.1, 0.15) is 11.2 Å². The van der Waals surface area contributed by atoms with Gasteiger partial charge in [0.15, 0.2) is 11.6 Å². The zero-order chi connectivity index (χ0) is 31.6. The Morgan fingerprint density at radius 1 is 0.929 bits per heavy atom. The third-order valence-corrected chi connectivity index (χ3v) is 7.87. The van der Waals surface area contributed by atoms with Gasteiger partial charge in [0.2, 0.25) is 0 Å². The highest BCUT2D eigenvalue weighted by atomic mass is 19.1. The lowest BCUT2D eigenvalue weighted by molar-refractivity contribution is 0.00578. The van der Waals surface area contributed by atoms with Crippen LogP contribution in [0.2, 0.25) is 0 Å². The number of rotatable bonds is 3. The molecule has 0 aliphatic carbocycles. The lowest BCUT2D eigenvalue weighted by Gasteiger charge is -2.36. The second-order valence-electron chi connectivity index (χ2n) is 14.5. The first-order chi connectivity index (χ1) is 19.1. The number of anilines is 1. The van der Waals surface area contributed by atoms with Crippen molar-refractivity contribution in [3.8, 4) is 0 Å². The summed E-state index contributed by atoms with van der Waals surface area (Å²) in [5.74, 6) is -0.573. The van der Waals surface area contributed by atoms with Gasteiger partial charge in [-0.15, -0.1) is 0 Å². The van der Waals surface area contributed by atoms with E-state index in [4.69, 9.17) is 18.8 Å². The maximum atomic E-state index is 16.7. The number of hydrogen-bond donors (Lipinski definition) is 0. The first-order valence-electron chi connectivity index (χ1n) is 14.7. The van der Waals surface area contributed by atoms with Crippen LogP contribution in [0.4, 0.5) is 19.8 Å². The standard InChI is InChI=1S/C30H46BFN4O6/c1-18(2)20-21-19(17-33-24(22(21)32)34-13-15-35(16-14-34)25(37)39-27(3,4)5)36(26(38)40-28(6,7)8)23(20)31-41-29(9,10)30(11,12)42-31/h17-18H,13-16H2,1-12H3. The van der Waals surface area contributed by atoms with Crippen LogP contribution < -0.4 is 10.5 Å². The molecule has 0 radical (unpaired) electrons. The van der Waals surface area contributed by atoms with Crippen molar-refractivity contribution in [1.29, 1.82) is 0 Å². The van der Waals surface area contributed by atoms with Crippen molar-refractivity contribution < 1.29 is 32.8 Å². The quantitative estimate of drug-likeness (QED) is 0.438. The molecule has 2 saturated heterocycles. The largest absolute Gasteiger partial charge is 0.513 e. The molecule has 12 heteroatoms. The van der Waals surface area contributed by atoms with E-state index in [1.54, 1.807) is 25.7 Å². The van der Waals surface area contributed by atoms with Crippen molar-refractivity contribution in [2.24, 2.45) is 0 Å². The molecule has 42 heavy (non-hydrogen) atoms. The van der Waals surface area contributed by atoms with Crippen LogP contribution in [0, 0.1) is 5.82 Å². The Hall–Kier alpha value is -2.86. The van der Waals surface area contributed by atoms with E-state index < -0.39 is 47.5 Å². The number of piperazine rings is 1. The number of carbonyl (C=O) groups is 2. The summed E-state index contributed by atoms with van der Waals surface area (Å²) in [4.78, 5) is 34.2. The molecule has 0 atom stereocenters. The zero-order valence-electron chi connectivity index (χ0n) is 27.2. The van der Waals surface area contributed by atoms with Gasteiger partial charge in [-0.3, -0.25) is 4.57 Å². The SMILES string of the molecule is CC(C)c1c(B2OC(C)(C)C(C)(C)O2)n(C(=O)OC(C)(C)C)c2cnc(N3CCN(C(=O)OC(C)(C)C)CC3)c(F)c12. The number of halogens is 1. The summed E-state index contributed by atoms with van der Waals surface area (Å²) in [5.41, 5.74) is -1.47. The molecule has 2 aliphatic rings. The van der Waals surface area contributed by atoms with Crippen molar-refractivity contribution in [2.45, 2.75) is 111 Å². The number of carbonyl (C=O) groups excluding carboxylic acids is 2. The number of nitrogens with zero attached hydrogens (tertiary/aromatic N) is 4. The second-order valence-corrected chi connectivity index (χ2v) is 14.5. The van der Waals surface area contributed by atoms with E-state index in [0.29, 0.717) is 37.3 Å². The molecular formula is C30H46BFN4O6. The molecule has 2 aromatic heterocycles. The van der Waals surface area contributed by atoms with Crippen molar-refractivity contribution in [2.75, 3.05) is 31.1 Å². The Morgan fingerprint density at radius 3 is 1.90 bits per heavy atom. The predicted molar refractivity (Wildman–Crippen MR) is 161 cm³/mol. The first-order valence-corrected chi connectivity index (χ1v) is 14.7. The minimum Gasteiger partial charge on any atom is -0.444 e. The molecule has 10 nitrogen and oxygen atoms in total. The molecule has 2 aromatic rings. The molecule has 0 unspecified atom stereocenters. The summed E-state index contributed by atoms with van der Waals surface area (Å²) >= 11 is 0. The number of ether oxygens (including phenoxy) is 2. The highest BCUT2D eigenvalue weighted by Gasteiger charge is 2.54. The van der Waals surface area contributed by atoms with E-state index in [2.05, 4.69) is 4.98 Å². The Labute approximate surface area is 248 Å². The molecule has 0 bridgehead atoms. The third kappa shape index (κ3) is 6.11. The van der Waals surface area contributed by atoms with E-state index in [1.165, 1.54) is 10.8 Å². The molecule has 1 amide bonds. The first kappa shape index (κ1) is 32.1. The topological polar surface area (TPSA) is 95.4 Å². The monoisotopic (exact) mass is 588 g/mol. The number of pyridine rings is 1. The van der Waals surface area contributed by atoms with Gasteiger partial charge in [0, 0.05) is 31.6 Å². The molecule has 0 saturated carbocycles. The van der Waals surface area contributed by atoms with E-state index >= 15 is 4.39 Å². The third-order valence-electron chi connectivity index (χ3n) is 7.87. The minimum atomic E-state index is -0.937. The predicted octanol–water partition coefficient (Wildman–Crippen LogP) is 5.44. The van der Waals surface area contributed by atoms with Crippen molar-refractivity contribution in [3.05, 3.63) is 17.6 Å².